The maximum Gasteiger partial charge on any atom is 0.410 e. The summed E-state index contributed by atoms with van der Waals surface area (Å²) in [4.78, 5) is 13.0. The van der Waals surface area contributed by atoms with Gasteiger partial charge in [-0.3, -0.25) is 0 Å². The molecule has 2 rings (SSSR count). The third-order valence-corrected chi connectivity index (χ3v) is 5.83. The number of ether oxygens (including phenoxy) is 1. The first-order valence-electron chi connectivity index (χ1n) is 7.75. The zero-order chi connectivity index (χ0) is 17.5. The lowest BCUT2D eigenvalue weighted by atomic mass is 10.0. The predicted molar refractivity (Wildman–Crippen MR) is 80.9 cm³/mol. The molecule has 0 bridgehead atoms. The molecule has 2 saturated heterocycles. The number of carbonyl (C=O) groups is 1. The highest BCUT2D eigenvalue weighted by Crippen LogP contribution is 2.32. The third kappa shape index (κ3) is 4.76. The van der Waals surface area contributed by atoms with E-state index in [0.29, 0.717) is 12.8 Å². The van der Waals surface area contributed by atoms with Crippen LogP contribution in [0.4, 0.5) is 13.6 Å². The highest BCUT2D eigenvalue weighted by atomic mass is 32.2. The Morgan fingerprint density at radius 1 is 1.26 bits per heavy atom. The quantitative estimate of drug-likeness (QED) is 0.723. The molecule has 1 atom stereocenters. The highest BCUT2D eigenvalue weighted by Gasteiger charge is 2.47. The first-order chi connectivity index (χ1) is 10.4. The molecule has 0 saturated carbocycles. The summed E-state index contributed by atoms with van der Waals surface area (Å²) >= 11 is 0. The van der Waals surface area contributed by atoms with Gasteiger partial charge in [0.2, 0.25) is 10.0 Å². The molecule has 6 nitrogen and oxygen atoms in total. The number of halogens is 2. The smallest absolute Gasteiger partial charge is 0.410 e. The second-order valence-electron chi connectivity index (χ2n) is 7.21. The number of hydrogen-bond donors (Lipinski definition) is 0. The monoisotopic (exact) mass is 354 g/mol. The second-order valence-corrected chi connectivity index (χ2v) is 9.25. The summed E-state index contributed by atoms with van der Waals surface area (Å²) in [6, 6.07) is -0.906. The molecule has 2 aliphatic rings. The molecule has 0 aromatic heterocycles. The van der Waals surface area contributed by atoms with Gasteiger partial charge in [-0.25, -0.2) is 22.0 Å². The van der Waals surface area contributed by atoms with E-state index < -0.39 is 46.6 Å². The van der Waals surface area contributed by atoms with Crippen LogP contribution in [0.2, 0.25) is 0 Å². The summed E-state index contributed by atoms with van der Waals surface area (Å²) in [5, 5.41) is 0. The molecule has 2 aliphatic heterocycles. The van der Waals surface area contributed by atoms with Crippen LogP contribution in [0.5, 0.6) is 0 Å². The van der Waals surface area contributed by atoms with Crippen LogP contribution in [0.25, 0.3) is 0 Å². The predicted octanol–water partition coefficient (Wildman–Crippen LogP) is 2.06. The molecule has 1 amide bonds. The van der Waals surface area contributed by atoms with E-state index in [1.807, 2.05) is 0 Å². The van der Waals surface area contributed by atoms with Crippen LogP contribution in [0.3, 0.4) is 0 Å². The van der Waals surface area contributed by atoms with E-state index in [2.05, 4.69) is 0 Å². The number of amides is 1. The Balaban J connectivity index is 2.17. The Morgan fingerprint density at radius 3 is 2.48 bits per heavy atom. The van der Waals surface area contributed by atoms with Crippen LogP contribution >= 0.6 is 0 Å². The van der Waals surface area contributed by atoms with E-state index in [1.54, 1.807) is 20.8 Å². The molecule has 134 valence electrons. The van der Waals surface area contributed by atoms with Crippen molar-refractivity contribution in [2.75, 3.05) is 25.4 Å². The fraction of sp³-hybridized carbons (Fsp3) is 0.929. The number of nitrogens with zero attached hydrogens (tertiary/aromatic N) is 2. The average Bonchev–Trinajstić information content (AvgIpc) is 2.34. The van der Waals surface area contributed by atoms with E-state index in [1.165, 1.54) is 0 Å². The maximum atomic E-state index is 14.0. The summed E-state index contributed by atoms with van der Waals surface area (Å²) in [5.41, 5.74) is -0.795. The summed E-state index contributed by atoms with van der Waals surface area (Å²) in [7, 11) is -3.54. The van der Waals surface area contributed by atoms with Crippen molar-refractivity contribution in [3.05, 3.63) is 0 Å². The van der Waals surface area contributed by atoms with Crippen LogP contribution in [0, 0.1) is 0 Å². The van der Waals surface area contributed by atoms with Crippen molar-refractivity contribution < 1.29 is 26.7 Å². The van der Waals surface area contributed by atoms with Gasteiger partial charge in [0.25, 0.3) is 5.92 Å². The normalized spacial score (nSPS) is 28.4. The van der Waals surface area contributed by atoms with Gasteiger partial charge in [-0.05, 0) is 33.6 Å². The fourth-order valence-corrected chi connectivity index (χ4v) is 4.75. The number of likely N-dealkylation sites (tertiary alicyclic amines) is 1. The van der Waals surface area contributed by atoms with Crippen molar-refractivity contribution in [2.45, 2.75) is 57.6 Å². The topological polar surface area (TPSA) is 66.9 Å². The van der Waals surface area contributed by atoms with E-state index in [-0.39, 0.29) is 18.8 Å². The number of rotatable bonds is 1. The molecule has 0 aromatic rings. The highest BCUT2D eigenvalue weighted by molar-refractivity contribution is 7.89. The Hall–Kier alpha value is -0.960. The molecular weight excluding hydrogens is 330 g/mol. The van der Waals surface area contributed by atoms with E-state index >= 15 is 0 Å². The summed E-state index contributed by atoms with van der Waals surface area (Å²) in [5.74, 6) is -3.16. The zero-order valence-electron chi connectivity index (χ0n) is 13.7. The third-order valence-electron chi connectivity index (χ3n) is 3.83. The van der Waals surface area contributed by atoms with Crippen molar-refractivity contribution in [3.8, 4) is 0 Å². The number of sulfonamides is 1. The van der Waals surface area contributed by atoms with Crippen LogP contribution in [0.15, 0.2) is 0 Å². The standard InChI is InChI=1S/C14H24F2N2O4S/c1-13(2,3)22-12(19)17-9-11(8-14(15,16)10-17)18-6-4-5-7-23(18,20)21/h11H,4-10H2,1-3H3/t11-/m1/s1. The van der Waals surface area contributed by atoms with E-state index in [9.17, 15) is 22.0 Å². The molecule has 0 radical (unpaired) electrons. The van der Waals surface area contributed by atoms with Crippen LogP contribution < -0.4 is 0 Å². The Labute approximate surface area is 135 Å². The average molecular weight is 354 g/mol. The molecule has 2 fully saturated rings. The maximum absolute atomic E-state index is 14.0. The van der Waals surface area contributed by atoms with Crippen molar-refractivity contribution in [3.63, 3.8) is 0 Å². The lowest BCUT2D eigenvalue weighted by Crippen LogP contribution is -2.59. The van der Waals surface area contributed by atoms with Gasteiger partial charge in [-0.15, -0.1) is 0 Å². The first-order valence-corrected chi connectivity index (χ1v) is 9.36. The van der Waals surface area contributed by atoms with Gasteiger partial charge in [0, 0.05) is 25.6 Å². The molecule has 0 unspecified atom stereocenters. The van der Waals surface area contributed by atoms with Crippen molar-refractivity contribution in [1.82, 2.24) is 9.21 Å². The van der Waals surface area contributed by atoms with Gasteiger partial charge in [-0.1, -0.05) is 0 Å². The number of carbonyl (C=O) groups excluding carboxylic acids is 1. The minimum Gasteiger partial charge on any atom is -0.444 e. The van der Waals surface area contributed by atoms with Gasteiger partial charge in [-0.2, -0.15) is 4.31 Å². The van der Waals surface area contributed by atoms with Gasteiger partial charge in [0.1, 0.15) is 5.60 Å². The molecule has 0 aromatic carbocycles. The Kier molecular flexibility index (Phi) is 4.92. The van der Waals surface area contributed by atoms with E-state index in [0.717, 1.165) is 9.21 Å². The molecule has 0 spiro atoms. The van der Waals surface area contributed by atoms with Gasteiger partial charge in [0.05, 0.1) is 12.3 Å². The van der Waals surface area contributed by atoms with Gasteiger partial charge < -0.3 is 9.64 Å². The van der Waals surface area contributed by atoms with E-state index in [4.69, 9.17) is 4.74 Å². The number of piperidine rings is 1. The SMILES string of the molecule is CC(C)(C)OC(=O)N1C[C@H](N2CCCCS2(=O)=O)CC(F)(F)C1. The largest absolute Gasteiger partial charge is 0.444 e. The molecule has 0 N–H and O–H groups in total. The first kappa shape index (κ1) is 18.4. The van der Waals surface area contributed by atoms with Crippen LogP contribution in [0.1, 0.15) is 40.0 Å². The van der Waals surface area contributed by atoms with Gasteiger partial charge >= 0.3 is 6.09 Å². The zero-order valence-corrected chi connectivity index (χ0v) is 14.5. The van der Waals surface area contributed by atoms with Crippen molar-refractivity contribution in [1.29, 1.82) is 0 Å². The van der Waals surface area contributed by atoms with Crippen molar-refractivity contribution in [2.24, 2.45) is 0 Å². The minimum atomic E-state index is -3.54. The van der Waals surface area contributed by atoms with Crippen LogP contribution in [-0.4, -0.2) is 66.7 Å². The lowest BCUT2D eigenvalue weighted by Gasteiger charge is -2.43. The summed E-state index contributed by atoms with van der Waals surface area (Å²) < 4.78 is 58.6. The molecule has 9 heteroatoms. The van der Waals surface area contributed by atoms with Crippen LogP contribution in [-0.2, 0) is 14.8 Å². The lowest BCUT2D eigenvalue weighted by molar-refractivity contribution is -0.0870. The fourth-order valence-electron chi connectivity index (χ4n) is 2.95. The summed E-state index contributed by atoms with van der Waals surface area (Å²) in [6.07, 6.45) is -0.215. The molecule has 0 aliphatic carbocycles. The molecule has 2 heterocycles. The second kappa shape index (κ2) is 6.16. The minimum absolute atomic E-state index is 0.0263. The number of hydrogen-bond acceptors (Lipinski definition) is 4. The molecule has 23 heavy (non-hydrogen) atoms. The number of alkyl halides is 2. The summed E-state index contributed by atoms with van der Waals surface area (Å²) in [6.45, 7) is 4.37. The Morgan fingerprint density at radius 2 is 1.91 bits per heavy atom. The van der Waals surface area contributed by atoms with Crippen molar-refractivity contribution >= 4 is 16.1 Å². The van der Waals surface area contributed by atoms with Gasteiger partial charge in [0.15, 0.2) is 0 Å². The Bertz CT molecular complexity index is 560. The molecular formula is C14H24F2N2O4S.